The van der Waals surface area contributed by atoms with Crippen molar-refractivity contribution in [3.63, 3.8) is 0 Å². The van der Waals surface area contributed by atoms with Crippen molar-refractivity contribution in [2.75, 3.05) is 6.54 Å². The number of nitrogens with zero attached hydrogens (tertiary/aromatic N) is 1. The van der Waals surface area contributed by atoms with E-state index in [1.807, 2.05) is 0 Å². The molecule has 1 aromatic rings. The fraction of sp³-hybridized carbons (Fsp3) is 0.526. The monoisotopic (exact) mass is 282 g/mol. The lowest BCUT2D eigenvalue weighted by molar-refractivity contribution is 0.444. The lowest BCUT2D eigenvalue weighted by Crippen LogP contribution is -2.14. The molecule has 0 spiro atoms. The van der Waals surface area contributed by atoms with Crippen LogP contribution in [-0.2, 0) is 0 Å². The number of hydrogen-bond acceptors (Lipinski definition) is 2. The van der Waals surface area contributed by atoms with E-state index in [0.29, 0.717) is 6.04 Å². The highest BCUT2D eigenvalue weighted by atomic mass is 14.9. The summed E-state index contributed by atoms with van der Waals surface area (Å²) in [5.41, 5.74) is 5.09. The van der Waals surface area contributed by atoms with Gasteiger partial charge in [0, 0.05) is 12.2 Å². The lowest BCUT2D eigenvalue weighted by Gasteiger charge is -2.19. The maximum Gasteiger partial charge on any atom is 0.0667 e. The number of nitrogens with one attached hydrogen (secondary N) is 1. The summed E-state index contributed by atoms with van der Waals surface area (Å²) in [5.74, 6) is 0. The van der Waals surface area contributed by atoms with Crippen LogP contribution in [0.4, 0.5) is 0 Å². The van der Waals surface area contributed by atoms with E-state index in [9.17, 15) is 0 Å². The zero-order valence-corrected chi connectivity index (χ0v) is 13.1. The van der Waals surface area contributed by atoms with Crippen LogP contribution in [0.1, 0.15) is 56.1 Å². The van der Waals surface area contributed by atoms with Gasteiger partial charge in [-0.1, -0.05) is 49.1 Å². The molecule has 3 rings (SSSR count). The first-order valence-electron chi connectivity index (χ1n) is 8.40. The zero-order chi connectivity index (χ0) is 14.5. The van der Waals surface area contributed by atoms with Gasteiger partial charge in [0.1, 0.15) is 0 Å². The predicted octanol–water partition coefficient (Wildman–Crippen LogP) is 4.38. The molecule has 2 fully saturated rings. The van der Waals surface area contributed by atoms with Crippen molar-refractivity contribution in [1.82, 2.24) is 5.32 Å². The van der Waals surface area contributed by atoms with E-state index < -0.39 is 0 Å². The highest BCUT2D eigenvalue weighted by Gasteiger charge is 2.14. The molecule has 2 heteroatoms. The van der Waals surface area contributed by atoms with Crippen molar-refractivity contribution in [3.8, 4) is 0 Å². The Balaban J connectivity index is 1.87. The average Bonchev–Trinajstić information content (AvgIpc) is 3.01. The summed E-state index contributed by atoms with van der Waals surface area (Å²) in [6, 6.07) is 9.32. The third-order valence-corrected chi connectivity index (χ3v) is 4.53. The number of rotatable bonds is 3. The second-order valence-corrected chi connectivity index (χ2v) is 6.37. The second kappa shape index (κ2) is 6.93. The van der Waals surface area contributed by atoms with Crippen LogP contribution >= 0.6 is 0 Å². The van der Waals surface area contributed by atoms with E-state index in [1.165, 1.54) is 61.1 Å². The van der Waals surface area contributed by atoms with Gasteiger partial charge in [-0.3, -0.25) is 4.99 Å². The SMILES string of the molecule is Cc1ccc(C(/C=C2/CCCN2)=NC2CCCCC2)cc1. The molecule has 1 aliphatic heterocycles. The van der Waals surface area contributed by atoms with Crippen molar-refractivity contribution >= 4 is 5.71 Å². The fourth-order valence-electron chi connectivity index (χ4n) is 3.23. The first kappa shape index (κ1) is 14.4. The van der Waals surface area contributed by atoms with E-state index in [-0.39, 0.29) is 0 Å². The zero-order valence-electron chi connectivity index (χ0n) is 13.1. The van der Waals surface area contributed by atoms with E-state index in [2.05, 4.69) is 42.6 Å². The highest BCUT2D eigenvalue weighted by Crippen LogP contribution is 2.22. The molecule has 0 unspecified atom stereocenters. The van der Waals surface area contributed by atoms with Crippen LogP contribution in [0.2, 0.25) is 0 Å². The van der Waals surface area contributed by atoms with Gasteiger partial charge in [0.05, 0.1) is 11.8 Å². The van der Waals surface area contributed by atoms with Gasteiger partial charge in [0.15, 0.2) is 0 Å². The summed E-state index contributed by atoms with van der Waals surface area (Å²) in [6.07, 6.45) is 11.3. The quantitative estimate of drug-likeness (QED) is 0.817. The van der Waals surface area contributed by atoms with Gasteiger partial charge in [0.25, 0.3) is 0 Å². The average molecular weight is 282 g/mol. The van der Waals surface area contributed by atoms with Crippen LogP contribution in [0.5, 0.6) is 0 Å². The molecule has 0 aromatic heterocycles. The van der Waals surface area contributed by atoms with Crippen LogP contribution in [0.15, 0.2) is 41.0 Å². The first-order valence-corrected chi connectivity index (χ1v) is 8.40. The highest BCUT2D eigenvalue weighted by molar-refractivity contribution is 6.09. The van der Waals surface area contributed by atoms with Crippen LogP contribution in [0, 0.1) is 6.92 Å². The smallest absolute Gasteiger partial charge is 0.0667 e. The molecule has 2 aliphatic rings. The standard InChI is InChI=1S/C19H26N2/c1-15-9-11-16(12-10-15)19(14-18-8-5-13-20-18)21-17-6-3-2-4-7-17/h9-12,14,17,20H,2-8,13H2,1H3/b18-14-,21-19?. The third kappa shape index (κ3) is 3.96. The maximum atomic E-state index is 5.10. The van der Waals surface area contributed by atoms with E-state index >= 15 is 0 Å². The summed E-state index contributed by atoms with van der Waals surface area (Å²) in [5, 5.41) is 3.49. The third-order valence-electron chi connectivity index (χ3n) is 4.53. The molecule has 21 heavy (non-hydrogen) atoms. The van der Waals surface area contributed by atoms with Gasteiger partial charge in [0.2, 0.25) is 0 Å². The molecule has 0 bridgehead atoms. The molecular formula is C19H26N2. The maximum absolute atomic E-state index is 5.10. The van der Waals surface area contributed by atoms with Crippen LogP contribution in [0.25, 0.3) is 0 Å². The van der Waals surface area contributed by atoms with E-state index in [1.54, 1.807) is 0 Å². The molecular weight excluding hydrogens is 256 g/mol. The summed E-state index contributed by atoms with van der Waals surface area (Å²) in [7, 11) is 0. The van der Waals surface area contributed by atoms with Crippen LogP contribution < -0.4 is 5.32 Å². The Hall–Kier alpha value is -1.57. The summed E-state index contributed by atoms with van der Waals surface area (Å²) in [4.78, 5) is 5.10. The minimum atomic E-state index is 0.522. The number of allylic oxidation sites excluding steroid dienone is 2. The number of aliphatic imine (C=N–C) groups is 1. The van der Waals surface area contributed by atoms with Crippen molar-refractivity contribution in [2.24, 2.45) is 4.99 Å². The molecule has 2 nitrogen and oxygen atoms in total. The lowest BCUT2D eigenvalue weighted by atomic mass is 9.95. The van der Waals surface area contributed by atoms with Gasteiger partial charge in [-0.05, 0) is 44.2 Å². The Morgan fingerprint density at radius 1 is 1.10 bits per heavy atom. The Kier molecular flexibility index (Phi) is 4.74. The molecule has 0 radical (unpaired) electrons. The van der Waals surface area contributed by atoms with E-state index in [4.69, 9.17) is 4.99 Å². The number of aryl methyl sites for hydroxylation is 1. The molecule has 112 valence electrons. The molecule has 0 amide bonds. The fourth-order valence-corrected chi connectivity index (χ4v) is 3.23. The van der Waals surface area contributed by atoms with Crippen molar-refractivity contribution in [2.45, 2.75) is 57.9 Å². The Bertz CT molecular complexity index is 511. The molecule has 1 aliphatic carbocycles. The Labute approximate surface area is 128 Å². The van der Waals surface area contributed by atoms with Crippen LogP contribution in [-0.4, -0.2) is 18.3 Å². The van der Waals surface area contributed by atoms with Gasteiger partial charge in [-0.2, -0.15) is 0 Å². The van der Waals surface area contributed by atoms with Crippen molar-refractivity contribution in [3.05, 3.63) is 47.2 Å². The molecule has 1 N–H and O–H groups in total. The number of hydrogen-bond donors (Lipinski definition) is 1. The predicted molar refractivity (Wildman–Crippen MR) is 89.9 cm³/mol. The summed E-state index contributed by atoms with van der Waals surface area (Å²) < 4.78 is 0. The second-order valence-electron chi connectivity index (χ2n) is 6.37. The van der Waals surface area contributed by atoms with Gasteiger partial charge in [-0.15, -0.1) is 0 Å². The van der Waals surface area contributed by atoms with Crippen LogP contribution in [0.3, 0.4) is 0 Å². The minimum absolute atomic E-state index is 0.522. The summed E-state index contributed by atoms with van der Waals surface area (Å²) in [6.45, 7) is 3.25. The Morgan fingerprint density at radius 2 is 1.86 bits per heavy atom. The Morgan fingerprint density at radius 3 is 2.52 bits per heavy atom. The van der Waals surface area contributed by atoms with Crippen molar-refractivity contribution < 1.29 is 0 Å². The molecule has 1 heterocycles. The molecule has 1 saturated heterocycles. The topological polar surface area (TPSA) is 24.4 Å². The van der Waals surface area contributed by atoms with Gasteiger partial charge < -0.3 is 5.32 Å². The molecule has 0 atom stereocenters. The van der Waals surface area contributed by atoms with Gasteiger partial charge in [-0.25, -0.2) is 0 Å². The molecule has 1 saturated carbocycles. The van der Waals surface area contributed by atoms with E-state index in [0.717, 1.165) is 13.0 Å². The normalized spacial score (nSPS) is 22.5. The molecule has 1 aromatic carbocycles. The van der Waals surface area contributed by atoms with Gasteiger partial charge >= 0.3 is 0 Å². The van der Waals surface area contributed by atoms with Crippen molar-refractivity contribution in [1.29, 1.82) is 0 Å². The summed E-state index contributed by atoms with van der Waals surface area (Å²) >= 11 is 0. The first-order chi connectivity index (χ1) is 10.3. The number of benzene rings is 1. The minimum Gasteiger partial charge on any atom is -0.388 e. The largest absolute Gasteiger partial charge is 0.388 e.